The molecule has 0 unspecified atom stereocenters. The normalized spacial score (nSPS) is 18.1. The van der Waals surface area contributed by atoms with Crippen molar-refractivity contribution >= 4 is 5.91 Å². The third-order valence-corrected chi connectivity index (χ3v) is 4.77. The van der Waals surface area contributed by atoms with E-state index in [2.05, 4.69) is 24.2 Å². The number of hydrogen-bond acceptors (Lipinski definition) is 3. The highest BCUT2D eigenvalue weighted by Crippen LogP contribution is 2.37. The Bertz CT molecular complexity index is 451. The predicted molar refractivity (Wildman–Crippen MR) is 81.0 cm³/mol. The van der Waals surface area contributed by atoms with E-state index >= 15 is 0 Å². The topological polar surface area (TPSA) is 58.4 Å². The van der Waals surface area contributed by atoms with Gasteiger partial charge in [-0.1, -0.05) is 26.0 Å². The van der Waals surface area contributed by atoms with E-state index in [9.17, 15) is 4.79 Å². The minimum Gasteiger partial charge on any atom is -0.299 e. The first-order valence-electron chi connectivity index (χ1n) is 7.44. The number of hydrazine groups is 1. The molecule has 1 heterocycles. The molecule has 2 rings (SSSR count). The van der Waals surface area contributed by atoms with Crippen molar-refractivity contribution in [3.05, 3.63) is 35.4 Å². The molecule has 1 aromatic rings. The van der Waals surface area contributed by atoms with Gasteiger partial charge in [-0.25, -0.2) is 5.84 Å². The molecule has 0 atom stereocenters. The van der Waals surface area contributed by atoms with Crippen molar-refractivity contribution in [3.8, 4) is 0 Å². The second-order valence-electron chi connectivity index (χ2n) is 5.84. The van der Waals surface area contributed by atoms with Gasteiger partial charge in [0.25, 0.3) is 5.91 Å². The van der Waals surface area contributed by atoms with Crippen molar-refractivity contribution in [1.82, 2.24) is 10.3 Å². The summed E-state index contributed by atoms with van der Waals surface area (Å²) in [5.74, 6) is 4.88. The maximum atomic E-state index is 11.4. The molecule has 0 saturated carbocycles. The maximum absolute atomic E-state index is 11.4. The largest absolute Gasteiger partial charge is 0.299 e. The number of carbonyl (C=O) groups excluding carboxylic acids is 1. The minimum absolute atomic E-state index is 0.242. The Kier molecular flexibility index (Phi) is 4.78. The average Bonchev–Trinajstić information content (AvgIpc) is 2.91. The van der Waals surface area contributed by atoms with Crippen LogP contribution in [-0.2, 0) is 6.54 Å². The average molecular weight is 275 g/mol. The zero-order valence-electron chi connectivity index (χ0n) is 12.5. The highest BCUT2D eigenvalue weighted by molar-refractivity contribution is 5.93. The molecule has 1 aromatic carbocycles. The van der Waals surface area contributed by atoms with E-state index in [0.29, 0.717) is 11.0 Å². The lowest BCUT2D eigenvalue weighted by Gasteiger charge is -2.26. The zero-order chi connectivity index (χ0) is 14.6. The van der Waals surface area contributed by atoms with Crippen LogP contribution in [0, 0.1) is 5.41 Å². The molecule has 1 saturated heterocycles. The Morgan fingerprint density at radius 1 is 1.30 bits per heavy atom. The molecule has 1 amide bonds. The van der Waals surface area contributed by atoms with Gasteiger partial charge in [0, 0.05) is 18.7 Å². The third kappa shape index (κ3) is 3.19. The molecular formula is C16H25N3O. The van der Waals surface area contributed by atoms with Gasteiger partial charge in [0.05, 0.1) is 0 Å². The van der Waals surface area contributed by atoms with Crippen LogP contribution in [0.4, 0.5) is 0 Å². The summed E-state index contributed by atoms with van der Waals surface area (Å²) in [5.41, 5.74) is 4.52. The van der Waals surface area contributed by atoms with E-state index in [1.807, 2.05) is 24.3 Å². The maximum Gasteiger partial charge on any atom is 0.265 e. The first-order valence-corrected chi connectivity index (χ1v) is 7.44. The van der Waals surface area contributed by atoms with E-state index in [4.69, 9.17) is 5.84 Å². The number of benzene rings is 1. The fourth-order valence-electron chi connectivity index (χ4n) is 3.09. The molecule has 0 bridgehead atoms. The molecule has 4 heteroatoms. The number of nitrogens with one attached hydrogen (secondary N) is 1. The van der Waals surface area contributed by atoms with Crippen LogP contribution in [0.3, 0.4) is 0 Å². The van der Waals surface area contributed by atoms with Crippen LogP contribution in [-0.4, -0.2) is 23.9 Å². The standard InChI is InChI=1S/C16H25N3O/c1-3-16(4-2)9-10-19(12-16)11-13-5-7-14(8-6-13)15(20)18-17/h5-8H,3-4,9-12,17H2,1-2H3,(H,18,20). The van der Waals surface area contributed by atoms with Gasteiger partial charge in [-0.3, -0.25) is 15.1 Å². The smallest absolute Gasteiger partial charge is 0.265 e. The Balaban J connectivity index is 1.96. The molecule has 0 aromatic heterocycles. The number of rotatable bonds is 5. The molecule has 4 nitrogen and oxygen atoms in total. The van der Waals surface area contributed by atoms with Gasteiger partial charge in [0.1, 0.15) is 0 Å². The first kappa shape index (κ1) is 15.0. The van der Waals surface area contributed by atoms with Gasteiger partial charge in [0.2, 0.25) is 0 Å². The molecule has 0 spiro atoms. The van der Waals surface area contributed by atoms with Crippen molar-refractivity contribution in [2.75, 3.05) is 13.1 Å². The summed E-state index contributed by atoms with van der Waals surface area (Å²) >= 11 is 0. The summed E-state index contributed by atoms with van der Waals surface area (Å²) in [6.45, 7) is 7.92. The lowest BCUT2D eigenvalue weighted by molar-refractivity contribution is 0.0953. The molecule has 0 radical (unpaired) electrons. The number of nitrogens with zero attached hydrogens (tertiary/aromatic N) is 1. The van der Waals surface area contributed by atoms with Gasteiger partial charge in [0.15, 0.2) is 0 Å². The second-order valence-corrected chi connectivity index (χ2v) is 5.84. The van der Waals surface area contributed by atoms with E-state index in [1.54, 1.807) is 0 Å². The Morgan fingerprint density at radius 3 is 2.45 bits per heavy atom. The third-order valence-electron chi connectivity index (χ3n) is 4.77. The van der Waals surface area contributed by atoms with Crippen molar-refractivity contribution in [3.63, 3.8) is 0 Å². The molecule has 20 heavy (non-hydrogen) atoms. The SMILES string of the molecule is CCC1(CC)CCN(Cc2ccc(C(=O)NN)cc2)C1. The number of carbonyl (C=O) groups is 1. The van der Waals surface area contributed by atoms with E-state index in [0.717, 1.165) is 6.54 Å². The van der Waals surface area contributed by atoms with Gasteiger partial charge >= 0.3 is 0 Å². The number of nitrogen functional groups attached to an aromatic ring is 1. The van der Waals surface area contributed by atoms with Gasteiger partial charge < -0.3 is 0 Å². The predicted octanol–water partition coefficient (Wildman–Crippen LogP) is 2.30. The fraction of sp³-hybridized carbons (Fsp3) is 0.562. The van der Waals surface area contributed by atoms with Gasteiger partial charge in [-0.2, -0.15) is 0 Å². The van der Waals surface area contributed by atoms with Crippen molar-refractivity contribution in [2.24, 2.45) is 11.3 Å². The zero-order valence-corrected chi connectivity index (χ0v) is 12.5. The van der Waals surface area contributed by atoms with E-state index in [-0.39, 0.29) is 5.91 Å². The molecule has 3 N–H and O–H groups in total. The highest BCUT2D eigenvalue weighted by atomic mass is 16.2. The number of hydrogen-bond donors (Lipinski definition) is 2. The Labute approximate surface area is 121 Å². The van der Waals surface area contributed by atoms with Crippen LogP contribution in [0.2, 0.25) is 0 Å². The van der Waals surface area contributed by atoms with Crippen LogP contribution in [0.25, 0.3) is 0 Å². The minimum atomic E-state index is -0.242. The van der Waals surface area contributed by atoms with E-state index < -0.39 is 0 Å². The highest BCUT2D eigenvalue weighted by Gasteiger charge is 2.34. The van der Waals surface area contributed by atoms with Crippen LogP contribution < -0.4 is 11.3 Å². The summed E-state index contributed by atoms with van der Waals surface area (Å²) in [7, 11) is 0. The van der Waals surface area contributed by atoms with Crippen LogP contribution >= 0.6 is 0 Å². The van der Waals surface area contributed by atoms with Crippen molar-refractivity contribution in [2.45, 2.75) is 39.7 Å². The first-order chi connectivity index (χ1) is 9.62. The van der Waals surface area contributed by atoms with Gasteiger partial charge in [-0.05, 0) is 48.9 Å². The molecular weight excluding hydrogens is 250 g/mol. The summed E-state index contributed by atoms with van der Waals surface area (Å²) in [4.78, 5) is 13.9. The number of likely N-dealkylation sites (tertiary alicyclic amines) is 1. The quantitative estimate of drug-likeness (QED) is 0.492. The summed E-state index contributed by atoms with van der Waals surface area (Å²) < 4.78 is 0. The fourth-order valence-corrected chi connectivity index (χ4v) is 3.09. The van der Waals surface area contributed by atoms with Crippen molar-refractivity contribution in [1.29, 1.82) is 0 Å². The van der Waals surface area contributed by atoms with Gasteiger partial charge in [-0.15, -0.1) is 0 Å². The summed E-state index contributed by atoms with van der Waals surface area (Å²) in [6.07, 6.45) is 3.82. The van der Waals surface area contributed by atoms with Crippen molar-refractivity contribution < 1.29 is 4.79 Å². The van der Waals surface area contributed by atoms with Crippen LogP contribution in [0.5, 0.6) is 0 Å². The molecule has 1 aliphatic rings. The molecule has 1 fully saturated rings. The summed E-state index contributed by atoms with van der Waals surface area (Å²) in [5, 5.41) is 0. The Morgan fingerprint density at radius 2 is 1.95 bits per heavy atom. The number of nitrogens with two attached hydrogens (primary N) is 1. The second kappa shape index (κ2) is 6.37. The monoisotopic (exact) mass is 275 g/mol. The van der Waals surface area contributed by atoms with Crippen LogP contribution in [0.1, 0.15) is 49.0 Å². The molecule has 1 aliphatic heterocycles. The lowest BCUT2D eigenvalue weighted by Crippen LogP contribution is -2.30. The molecule has 0 aliphatic carbocycles. The lowest BCUT2D eigenvalue weighted by atomic mass is 9.82. The van der Waals surface area contributed by atoms with Crippen LogP contribution in [0.15, 0.2) is 24.3 Å². The number of amides is 1. The van der Waals surface area contributed by atoms with E-state index in [1.165, 1.54) is 37.9 Å². The Hall–Kier alpha value is -1.39. The molecule has 110 valence electrons. The summed E-state index contributed by atoms with van der Waals surface area (Å²) in [6, 6.07) is 7.70.